The van der Waals surface area contributed by atoms with E-state index in [1.807, 2.05) is 26.0 Å². The zero-order chi connectivity index (χ0) is 15.4. The van der Waals surface area contributed by atoms with Crippen molar-refractivity contribution in [3.8, 4) is 11.5 Å². The van der Waals surface area contributed by atoms with Gasteiger partial charge in [0.25, 0.3) is 0 Å². The van der Waals surface area contributed by atoms with Crippen LogP contribution in [0.4, 0.5) is 0 Å². The van der Waals surface area contributed by atoms with Crippen LogP contribution in [0.2, 0.25) is 5.02 Å². The fourth-order valence-electron chi connectivity index (χ4n) is 2.61. The molecule has 0 bridgehead atoms. The second-order valence-electron chi connectivity index (χ2n) is 5.23. The zero-order valence-corrected chi connectivity index (χ0v) is 15.0. The molecule has 3 nitrogen and oxygen atoms in total. The highest BCUT2D eigenvalue weighted by atomic mass is 79.9. The third-order valence-corrected chi connectivity index (χ3v) is 5.17. The molecule has 0 aromatic heterocycles. The molecule has 2 rings (SSSR count). The van der Waals surface area contributed by atoms with Gasteiger partial charge in [0.05, 0.1) is 25.9 Å². The standard InChI is InChI=1S/C16H22BrClO3/c1-4-19-14-7-12(13(18)8-15(14)20-5-2)16(17)11-6-10(3)21-9-11/h7-8,10-11,16H,4-6,9H2,1-3H3. The molecule has 1 aliphatic heterocycles. The Kier molecular flexibility index (Phi) is 6.20. The van der Waals surface area contributed by atoms with Gasteiger partial charge in [0, 0.05) is 21.8 Å². The molecule has 3 atom stereocenters. The Morgan fingerprint density at radius 1 is 1.29 bits per heavy atom. The van der Waals surface area contributed by atoms with E-state index in [-0.39, 0.29) is 4.83 Å². The van der Waals surface area contributed by atoms with Crippen molar-refractivity contribution in [2.24, 2.45) is 5.92 Å². The van der Waals surface area contributed by atoms with E-state index in [2.05, 4.69) is 22.9 Å². The maximum Gasteiger partial charge on any atom is 0.162 e. The third-order valence-electron chi connectivity index (χ3n) is 3.60. The van der Waals surface area contributed by atoms with Crippen molar-refractivity contribution >= 4 is 27.5 Å². The van der Waals surface area contributed by atoms with Crippen LogP contribution < -0.4 is 9.47 Å². The van der Waals surface area contributed by atoms with Gasteiger partial charge in [0.1, 0.15) is 0 Å². The molecule has 118 valence electrons. The summed E-state index contributed by atoms with van der Waals surface area (Å²) in [7, 11) is 0. The molecule has 1 heterocycles. The zero-order valence-electron chi connectivity index (χ0n) is 12.7. The average Bonchev–Trinajstić information content (AvgIpc) is 2.88. The minimum absolute atomic E-state index is 0.157. The lowest BCUT2D eigenvalue weighted by molar-refractivity contribution is 0.120. The number of alkyl halides is 1. The number of hydrogen-bond donors (Lipinski definition) is 0. The second-order valence-corrected chi connectivity index (χ2v) is 6.62. The number of hydrogen-bond acceptors (Lipinski definition) is 3. The second kappa shape index (κ2) is 7.70. The van der Waals surface area contributed by atoms with Crippen LogP contribution in [0.1, 0.15) is 37.6 Å². The highest BCUT2D eigenvalue weighted by Gasteiger charge is 2.30. The van der Waals surface area contributed by atoms with Crippen molar-refractivity contribution in [3.63, 3.8) is 0 Å². The molecule has 0 radical (unpaired) electrons. The van der Waals surface area contributed by atoms with Crippen molar-refractivity contribution in [3.05, 3.63) is 22.7 Å². The van der Waals surface area contributed by atoms with E-state index >= 15 is 0 Å². The molecule has 1 fully saturated rings. The lowest BCUT2D eigenvalue weighted by Crippen LogP contribution is -2.09. The fourth-order valence-corrected chi connectivity index (χ4v) is 3.76. The molecule has 3 unspecified atom stereocenters. The van der Waals surface area contributed by atoms with Crippen LogP contribution in [0.25, 0.3) is 0 Å². The first kappa shape index (κ1) is 16.9. The summed E-state index contributed by atoms with van der Waals surface area (Å²) in [6.07, 6.45) is 1.34. The quantitative estimate of drug-likeness (QED) is 0.653. The van der Waals surface area contributed by atoms with Crippen LogP contribution in [0.3, 0.4) is 0 Å². The van der Waals surface area contributed by atoms with Crippen molar-refractivity contribution in [2.45, 2.75) is 38.1 Å². The van der Waals surface area contributed by atoms with E-state index in [0.717, 1.165) is 24.3 Å². The summed E-state index contributed by atoms with van der Waals surface area (Å²) in [5.41, 5.74) is 1.03. The smallest absolute Gasteiger partial charge is 0.162 e. The van der Waals surface area contributed by atoms with E-state index in [4.69, 9.17) is 25.8 Å². The van der Waals surface area contributed by atoms with Crippen LogP contribution >= 0.6 is 27.5 Å². The molecule has 0 spiro atoms. The summed E-state index contributed by atoms with van der Waals surface area (Å²) in [5.74, 6) is 1.86. The van der Waals surface area contributed by atoms with Crippen molar-refractivity contribution in [2.75, 3.05) is 19.8 Å². The minimum Gasteiger partial charge on any atom is -0.490 e. The summed E-state index contributed by atoms with van der Waals surface area (Å²) in [6.45, 7) is 7.94. The molecule has 0 saturated carbocycles. The maximum absolute atomic E-state index is 6.44. The van der Waals surface area contributed by atoms with Gasteiger partial charge in [0.2, 0.25) is 0 Å². The average molecular weight is 378 g/mol. The number of ether oxygens (including phenoxy) is 3. The molecule has 1 saturated heterocycles. The summed E-state index contributed by atoms with van der Waals surface area (Å²) in [4.78, 5) is 0.157. The maximum atomic E-state index is 6.44. The molecule has 0 amide bonds. The first-order chi connectivity index (χ1) is 10.1. The number of rotatable bonds is 6. The Bertz CT molecular complexity index is 481. The molecular formula is C16H22BrClO3. The fraction of sp³-hybridized carbons (Fsp3) is 0.625. The van der Waals surface area contributed by atoms with Crippen molar-refractivity contribution < 1.29 is 14.2 Å². The van der Waals surface area contributed by atoms with E-state index in [1.54, 1.807) is 0 Å². The molecule has 0 N–H and O–H groups in total. The Morgan fingerprint density at radius 3 is 2.43 bits per heavy atom. The topological polar surface area (TPSA) is 27.7 Å². The SMILES string of the molecule is CCOc1cc(Cl)c(C(Br)C2COC(C)C2)cc1OCC. The predicted octanol–water partition coefficient (Wildman–Crippen LogP) is 5.00. The molecule has 0 aliphatic carbocycles. The van der Waals surface area contributed by atoms with Gasteiger partial charge in [-0.15, -0.1) is 0 Å². The van der Waals surface area contributed by atoms with Crippen molar-refractivity contribution in [1.29, 1.82) is 0 Å². The van der Waals surface area contributed by atoms with Crippen LogP contribution in [0.15, 0.2) is 12.1 Å². The molecule has 21 heavy (non-hydrogen) atoms. The van der Waals surface area contributed by atoms with E-state index in [1.165, 1.54) is 0 Å². The van der Waals surface area contributed by atoms with Gasteiger partial charge in [-0.05, 0) is 38.8 Å². The Balaban J connectivity index is 2.27. The Morgan fingerprint density at radius 2 is 1.90 bits per heavy atom. The summed E-state index contributed by atoms with van der Waals surface area (Å²) in [5, 5.41) is 0.698. The largest absolute Gasteiger partial charge is 0.490 e. The molecule has 1 aromatic carbocycles. The monoisotopic (exact) mass is 376 g/mol. The normalized spacial score (nSPS) is 23.1. The highest BCUT2D eigenvalue weighted by Crippen LogP contribution is 2.44. The lowest BCUT2D eigenvalue weighted by atomic mass is 9.96. The highest BCUT2D eigenvalue weighted by molar-refractivity contribution is 9.09. The third kappa shape index (κ3) is 4.05. The van der Waals surface area contributed by atoms with Crippen LogP contribution in [0.5, 0.6) is 11.5 Å². The molecular weight excluding hydrogens is 356 g/mol. The minimum atomic E-state index is 0.157. The van der Waals surface area contributed by atoms with E-state index < -0.39 is 0 Å². The van der Waals surface area contributed by atoms with Gasteiger partial charge in [-0.1, -0.05) is 27.5 Å². The summed E-state index contributed by atoms with van der Waals surface area (Å²) in [6, 6.07) is 3.83. The Hall–Kier alpha value is -0.450. The van der Waals surface area contributed by atoms with Gasteiger partial charge in [-0.3, -0.25) is 0 Å². The Labute approximate surface area is 140 Å². The van der Waals surface area contributed by atoms with Gasteiger partial charge < -0.3 is 14.2 Å². The van der Waals surface area contributed by atoms with Gasteiger partial charge in [0.15, 0.2) is 11.5 Å². The van der Waals surface area contributed by atoms with Gasteiger partial charge in [-0.2, -0.15) is 0 Å². The van der Waals surface area contributed by atoms with Crippen LogP contribution in [-0.2, 0) is 4.74 Å². The summed E-state index contributed by atoms with van der Waals surface area (Å²) < 4.78 is 16.9. The summed E-state index contributed by atoms with van der Waals surface area (Å²) >= 11 is 10.2. The van der Waals surface area contributed by atoms with E-state index in [9.17, 15) is 0 Å². The van der Waals surface area contributed by atoms with Crippen LogP contribution in [0, 0.1) is 5.92 Å². The number of benzene rings is 1. The van der Waals surface area contributed by atoms with Crippen LogP contribution in [-0.4, -0.2) is 25.9 Å². The van der Waals surface area contributed by atoms with Gasteiger partial charge in [-0.25, -0.2) is 0 Å². The predicted molar refractivity (Wildman–Crippen MR) is 89.0 cm³/mol. The first-order valence-corrected chi connectivity index (χ1v) is 8.70. The van der Waals surface area contributed by atoms with E-state index in [0.29, 0.717) is 36.0 Å². The molecule has 1 aliphatic rings. The van der Waals surface area contributed by atoms with Crippen molar-refractivity contribution in [1.82, 2.24) is 0 Å². The molecule has 1 aromatic rings. The first-order valence-electron chi connectivity index (χ1n) is 7.41. The molecule has 5 heteroatoms. The lowest BCUT2D eigenvalue weighted by Gasteiger charge is -2.20. The van der Waals surface area contributed by atoms with Gasteiger partial charge >= 0.3 is 0 Å². The number of halogens is 2.